The summed E-state index contributed by atoms with van der Waals surface area (Å²) in [5.74, 6) is 0.776. The fourth-order valence-electron chi connectivity index (χ4n) is 2.65. The summed E-state index contributed by atoms with van der Waals surface area (Å²) in [6, 6.07) is 5.59. The average Bonchev–Trinajstić information content (AvgIpc) is 2.46. The van der Waals surface area contributed by atoms with Crippen molar-refractivity contribution in [2.75, 3.05) is 0 Å². The highest BCUT2D eigenvalue weighted by atomic mass is 19.1. The fourth-order valence-corrected chi connectivity index (χ4v) is 2.65. The molecule has 0 bridgehead atoms. The second-order valence-corrected chi connectivity index (χ2v) is 4.77. The molecule has 1 aliphatic rings. The highest BCUT2D eigenvalue weighted by molar-refractivity contribution is 5.28. The molecule has 0 aliphatic heterocycles. The first-order valence-electron chi connectivity index (χ1n) is 5.60. The number of benzene rings is 1. The van der Waals surface area contributed by atoms with Crippen LogP contribution in [0, 0.1) is 18.7 Å². The molecule has 2 heteroatoms. The minimum Gasteiger partial charge on any atom is -0.327 e. The van der Waals surface area contributed by atoms with Crippen molar-refractivity contribution in [3.63, 3.8) is 0 Å². The van der Waals surface area contributed by atoms with E-state index in [-0.39, 0.29) is 11.9 Å². The summed E-state index contributed by atoms with van der Waals surface area (Å²) < 4.78 is 13.3. The molecule has 0 spiro atoms. The summed E-state index contributed by atoms with van der Waals surface area (Å²) in [4.78, 5) is 0. The maximum Gasteiger partial charge on any atom is 0.123 e. The van der Waals surface area contributed by atoms with Gasteiger partial charge in [-0.3, -0.25) is 0 Å². The Labute approximate surface area is 90.5 Å². The smallest absolute Gasteiger partial charge is 0.123 e. The van der Waals surface area contributed by atoms with Crippen LogP contribution in [-0.2, 0) is 0 Å². The average molecular weight is 207 g/mol. The molecule has 2 N–H and O–H groups in total. The summed E-state index contributed by atoms with van der Waals surface area (Å²) in [7, 11) is 0. The number of nitrogens with two attached hydrogens (primary N) is 1. The Morgan fingerprint density at radius 3 is 2.53 bits per heavy atom. The zero-order chi connectivity index (χ0) is 11.0. The summed E-state index contributed by atoms with van der Waals surface area (Å²) in [5, 5.41) is 0. The highest BCUT2D eigenvalue weighted by Crippen LogP contribution is 2.38. The molecule has 0 radical (unpaired) electrons. The Bertz CT molecular complexity index is 341. The van der Waals surface area contributed by atoms with Gasteiger partial charge in [-0.25, -0.2) is 4.39 Å². The van der Waals surface area contributed by atoms with Gasteiger partial charge in [-0.2, -0.15) is 0 Å². The Hall–Kier alpha value is -0.890. The van der Waals surface area contributed by atoms with E-state index in [0.717, 1.165) is 24.0 Å². The van der Waals surface area contributed by atoms with Crippen LogP contribution in [0.15, 0.2) is 18.2 Å². The van der Waals surface area contributed by atoms with E-state index in [1.807, 2.05) is 6.92 Å². The lowest BCUT2D eigenvalue weighted by Gasteiger charge is -2.18. The molecule has 82 valence electrons. The van der Waals surface area contributed by atoms with E-state index < -0.39 is 0 Å². The third-order valence-electron chi connectivity index (χ3n) is 3.61. The van der Waals surface area contributed by atoms with Gasteiger partial charge in [0.1, 0.15) is 5.82 Å². The molecule has 15 heavy (non-hydrogen) atoms. The van der Waals surface area contributed by atoms with Crippen LogP contribution in [0.2, 0.25) is 0 Å². The maximum absolute atomic E-state index is 13.3. The molecular weight excluding hydrogens is 189 g/mol. The zero-order valence-electron chi connectivity index (χ0n) is 9.33. The van der Waals surface area contributed by atoms with Gasteiger partial charge in [0.25, 0.3) is 0 Å². The normalized spacial score (nSPS) is 30.8. The topological polar surface area (TPSA) is 26.0 Å². The van der Waals surface area contributed by atoms with Gasteiger partial charge in [0.2, 0.25) is 0 Å². The number of hydrogen-bond acceptors (Lipinski definition) is 1. The van der Waals surface area contributed by atoms with Crippen molar-refractivity contribution in [2.45, 2.75) is 38.6 Å². The van der Waals surface area contributed by atoms with Gasteiger partial charge in [-0.1, -0.05) is 13.0 Å². The van der Waals surface area contributed by atoms with E-state index in [9.17, 15) is 4.39 Å². The predicted octanol–water partition coefficient (Wildman–Crippen LogP) is 2.97. The van der Waals surface area contributed by atoms with Crippen molar-refractivity contribution in [2.24, 2.45) is 11.7 Å². The number of halogens is 1. The molecule has 0 saturated heterocycles. The van der Waals surface area contributed by atoms with Crippen LogP contribution in [0.3, 0.4) is 0 Å². The van der Waals surface area contributed by atoms with Crippen LogP contribution in [0.25, 0.3) is 0 Å². The third-order valence-corrected chi connectivity index (χ3v) is 3.61. The van der Waals surface area contributed by atoms with Crippen molar-refractivity contribution in [1.82, 2.24) is 0 Å². The Kier molecular flexibility index (Phi) is 2.79. The van der Waals surface area contributed by atoms with Crippen molar-refractivity contribution in [3.05, 3.63) is 35.1 Å². The van der Waals surface area contributed by atoms with Crippen LogP contribution < -0.4 is 5.73 Å². The molecule has 0 amide bonds. The Morgan fingerprint density at radius 1 is 1.27 bits per heavy atom. The Balaban J connectivity index is 2.30. The molecule has 2 rings (SSSR count). The Morgan fingerprint density at radius 2 is 2.00 bits per heavy atom. The standard InChI is InChI=1S/C13H18FN/c1-8-5-10(7-11(14)6-8)12-3-4-13(15)9(12)2/h5-7,9,12-13H,3-4,15H2,1-2H3. The second-order valence-electron chi connectivity index (χ2n) is 4.77. The lowest BCUT2D eigenvalue weighted by atomic mass is 9.88. The maximum atomic E-state index is 13.3. The third kappa shape index (κ3) is 2.05. The first-order chi connectivity index (χ1) is 7.08. The molecule has 3 atom stereocenters. The van der Waals surface area contributed by atoms with Crippen LogP contribution in [0.4, 0.5) is 4.39 Å². The first-order valence-corrected chi connectivity index (χ1v) is 5.60. The van der Waals surface area contributed by atoms with Gasteiger partial charge in [0, 0.05) is 6.04 Å². The fraction of sp³-hybridized carbons (Fsp3) is 0.538. The summed E-state index contributed by atoms with van der Waals surface area (Å²) in [6.45, 7) is 4.11. The molecule has 1 aliphatic carbocycles. The van der Waals surface area contributed by atoms with Crippen molar-refractivity contribution in [1.29, 1.82) is 0 Å². The van der Waals surface area contributed by atoms with Gasteiger partial charge < -0.3 is 5.73 Å². The van der Waals surface area contributed by atoms with Crippen molar-refractivity contribution >= 4 is 0 Å². The molecule has 0 heterocycles. The van der Waals surface area contributed by atoms with Crippen molar-refractivity contribution < 1.29 is 4.39 Å². The quantitative estimate of drug-likeness (QED) is 0.752. The van der Waals surface area contributed by atoms with Gasteiger partial charge in [-0.15, -0.1) is 0 Å². The van der Waals surface area contributed by atoms with Gasteiger partial charge in [0.15, 0.2) is 0 Å². The molecule has 1 fully saturated rings. The lowest BCUT2D eigenvalue weighted by molar-refractivity contribution is 0.477. The summed E-state index contributed by atoms with van der Waals surface area (Å²) in [6.07, 6.45) is 2.15. The van der Waals surface area contributed by atoms with E-state index in [4.69, 9.17) is 5.73 Å². The van der Waals surface area contributed by atoms with E-state index in [1.54, 1.807) is 12.1 Å². The van der Waals surface area contributed by atoms with E-state index in [2.05, 4.69) is 13.0 Å². The van der Waals surface area contributed by atoms with Gasteiger partial charge in [-0.05, 0) is 54.9 Å². The molecule has 1 aromatic carbocycles. The number of hydrogen-bond donors (Lipinski definition) is 1. The lowest BCUT2D eigenvalue weighted by Crippen LogP contribution is -2.24. The molecule has 1 aromatic rings. The van der Waals surface area contributed by atoms with Crippen LogP contribution in [-0.4, -0.2) is 6.04 Å². The second kappa shape index (κ2) is 3.93. The van der Waals surface area contributed by atoms with Crippen LogP contribution in [0.5, 0.6) is 0 Å². The van der Waals surface area contributed by atoms with Crippen LogP contribution >= 0.6 is 0 Å². The number of aryl methyl sites for hydroxylation is 1. The van der Waals surface area contributed by atoms with E-state index in [1.165, 1.54) is 0 Å². The summed E-state index contributed by atoms with van der Waals surface area (Å²) >= 11 is 0. The molecule has 0 aromatic heterocycles. The van der Waals surface area contributed by atoms with Crippen LogP contribution in [0.1, 0.15) is 36.8 Å². The van der Waals surface area contributed by atoms with E-state index in [0.29, 0.717) is 11.8 Å². The zero-order valence-corrected chi connectivity index (χ0v) is 9.33. The largest absolute Gasteiger partial charge is 0.327 e. The molecule has 3 unspecified atom stereocenters. The molecular formula is C13H18FN. The summed E-state index contributed by atoms with van der Waals surface area (Å²) in [5.41, 5.74) is 8.10. The predicted molar refractivity (Wildman–Crippen MR) is 60.3 cm³/mol. The SMILES string of the molecule is Cc1cc(F)cc(C2CCC(N)C2C)c1. The highest BCUT2D eigenvalue weighted by Gasteiger charge is 2.31. The van der Waals surface area contributed by atoms with E-state index >= 15 is 0 Å². The first kappa shape index (κ1) is 10.6. The minimum atomic E-state index is -0.127. The van der Waals surface area contributed by atoms with Gasteiger partial charge >= 0.3 is 0 Å². The minimum absolute atomic E-state index is 0.127. The molecule has 1 saturated carbocycles. The van der Waals surface area contributed by atoms with Gasteiger partial charge in [0.05, 0.1) is 0 Å². The van der Waals surface area contributed by atoms with Crippen molar-refractivity contribution in [3.8, 4) is 0 Å². The molecule has 1 nitrogen and oxygen atoms in total. The number of rotatable bonds is 1. The monoisotopic (exact) mass is 207 g/mol.